The van der Waals surface area contributed by atoms with Gasteiger partial charge in [0, 0.05) is 78.4 Å². The summed E-state index contributed by atoms with van der Waals surface area (Å²) in [5, 5.41) is 9.38. The third-order valence-electron chi connectivity index (χ3n) is 7.97. The van der Waals surface area contributed by atoms with Gasteiger partial charge in [0.25, 0.3) is 5.97 Å². The molecule has 7 rings (SSSR count). The maximum absolute atomic E-state index is 13.3. The van der Waals surface area contributed by atoms with Gasteiger partial charge in [-0.2, -0.15) is 0 Å². The zero-order valence-electron chi connectivity index (χ0n) is 21.6. The number of carboxylic acid groups (broad SMARTS) is 1. The molecule has 3 aliphatic heterocycles. The molecule has 1 saturated heterocycles. The highest BCUT2D eigenvalue weighted by molar-refractivity contribution is 6.47. The van der Waals surface area contributed by atoms with E-state index in [2.05, 4.69) is 28.6 Å². The zero-order valence-corrected chi connectivity index (χ0v) is 21.6. The van der Waals surface area contributed by atoms with Gasteiger partial charge in [-0.3, -0.25) is 4.79 Å². The van der Waals surface area contributed by atoms with Crippen LogP contribution in [0.1, 0.15) is 23.7 Å². The van der Waals surface area contributed by atoms with E-state index in [-0.39, 0.29) is 0 Å². The highest BCUT2D eigenvalue weighted by atomic mass is 16.6. The molecule has 4 aromatic rings. The first-order valence-corrected chi connectivity index (χ1v) is 12.8. The van der Waals surface area contributed by atoms with Gasteiger partial charge in [0.1, 0.15) is 0 Å². The molecule has 8 nitrogen and oxygen atoms in total. The molecule has 2 aromatic heterocycles. The number of hydrogen-bond donors (Lipinski definition) is 1. The van der Waals surface area contributed by atoms with Crippen molar-refractivity contribution in [1.29, 1.82) is 0 Å². The number of benzene rings is 2. The molecule has 8 heteroatoms. The second-order valence-electron chi connectivity index (χ2n) is 10.5. The number of likely N-dealkylation sites (tertiary alicyclic amines) is 1. The van der Waals surface area contributed by atoms with E-state index < -0.39 is 17.9 Å². The van der Waals surface area contributed by atoms with Gasteiger partial charge in [0.05, 0.1) is 11.1 Å². The number of esters is 2. The summed E-state index contributed by atoms with van der Waals surface area (Å²) in [5.41, 5.74) is 5.71. The Hall–Kier alpha value is -4.17. The number of aliphatic carboxylic acids is 1. The number of aryl methyl sites for hydroxylation is 1. The Labute approximate surface area is 219 Å². The summed E-state index contributed by atoms with van der Waals surface area (Å²) in [7, 11) is 4.14. The molecule has 3 aliphatic rings. The van der Waals surface area contributed by atoms with E-state index in [1.165, 1.54) is 0 Å². The van der Waals surface area contributed by atoms with E-state index in [9.17, 15) is 9.59 Å². The molecule has 1 fully saturated rings. The SMILES string of the molecule is CC(=O)O.CN1CC2Cc3c(C4=C(c5cn(C)c6ccccc56)C(=O)OC4=O)c4ccccc4n3CC2C1. The van der Waals surface area contributed by atoms with Crippen LogP contribution in [0.3, 0.4) is 0 Å². The summed E-state index contributed by atoms with van der Waals surface area (Å²) in [6, 6.07) is 16.2. The molecule has 5 heterocycles. The molecular weight excluding hydrogens is 482 g/mol. The second-order valence-corrected chi connectivity index (χ2v) is 10.5. The molecule has 2 unspecified atom stereocenters. The van der Waals surface area contributed by atoms with Crippen molar-refractivity contribution in [3.8, 4) is 0 Å². The Bertz CT molecular complexity index is 1670. The molecule has 1 N–H and O–H groups in total. The number of aromatic nitrogens is 2. The average Bonchev–Trinajstić information content (AvgIpc) is 3.57. The summed E-state index contributed by atoms with van der Waals surface area (Å²) < 4.78 is 9.67. The quantitative estimate of drug-likeness (QED) is 0.324. The van der Waals surface area contributed by atoms with Crippen LogP contribution in [0.15, 0.2) is 54.7 Å². The van der Waals surface area contributed by atoms with E-state index in [0.29, 0.717) is 23.0 Å². The minimum absolute atomic E-state index is 0.381. The van der Waals surface area contributed by atoms with Gasteiger partial charge in [0.2, 0.25) is 0 Å². The Morgan fingerprint density at radius 2 is 1.47 bits per heavy atom. The van der Waals surface area contributed by atoms with Crippen LogP contribution < -0.4 is 0 Å². The molecule has 0 radical (unpaired) electrons. The van der Waals surface area contributed by atoms with Crippen LogP contribution in [0, 0.1) is 11.8 Å². The lowest BCUT2D eigenvalue weighted by molar-refractivity contribution is -0.149. The van der Waals surface area contributed by atoms with Crippen molar-refractivity contribution in [3.05, 3.63) is 71.5 Å². The average molecular weight is 512 g/mol. The standard InChI is InChI=1S/C28H25N3O3.C2H4O2/c1-29-12-16-11-23-24(19-8-4-6-10-22(19)31(23)14-17(16)13-29)26-25(27(32)34-28(26)33)20-15-30(2)21-9-5-3-7-18(20)21;1-2(3)4/h3-10,15-17H,11-14H2,1-2H3;1H3,(H,3,4). The Morgan fingerprint density at radius 3 is 2.21 bits per heavy atom. The van der Waals surface area contributed by atoms with Crippen molar-refractivity contribution in [1.82, 2.24) is 14.0 Å². The van der Waals surface area contributed by atoms with E-state index in [1.54, 1.807) is 0 Å². The largest absolute Gasteiger partial charge is 0.481 e. The highest BCUT2D eigenvalue weighted by Crippen LogP contribution is 2.45. The summed E-state index contributed by atoms with van der Waals surface area (Å²) in [5.74, 6) is -0.785. The fraction of sp³-hybridized carbons (Fsp3) is 0.300. The van der Waals surface area contributed by atoms with E-state index >= 15 is 0 Å². The Kier molecular flexibility index (Phi) is 5.72. The number of carbonyl (C=O) groups is 3. The Morgan fingerprint density at radius 1 is 0.868 bits per heavy atom. The van der Waals surface area contributed by atoms with Crippen molar-refractivity contribution in [2.75, 3.05) is 20.1 Å². The van der Waals surface area contributed by atoms with E-state index in [4.69, 9.17) is 14.6 Å². The maximum atomic E-state index is 13.3. The lowest BCUT2D eigenvalue weighted by Crippen LogP contribution is -2.28. The van der Waals surface area contributed by atoms with Gasteiger partial charge in [-0.05, 0) is 37.4 Å². The second kappa shape index (κ2) is 8.99. The van der Waals surface area contributed by atoms with Crippen LogP contribution in [0.2, 0.25) is 0 Å². The number of rotatable bonds is 2. The Balaban J connectivity index is 0.000000620. The number of carbonyl (C=O) groups excluding carboxylic acids is 2. The molecule has 38 heavy (non-hydrogen) atoms. The van der Waals surface area contributed by atoms with Crippen molar-refractivity contribution in [2.45, 2.75) is 19.9 Å². The fourth-order valence-corrected chi connectivity index (χ4v) is 6.55. The smallest absolute Gasteiger partial charge is 0.347 e. The molecule has 0 amide bonds. The van der Waals surface area contributed by atoms with E-state index in [1.807, 2.05) is 54.2 Å². The van der Waals surface area contributed by atoms with Gasteiger partial charge in [-0.25, -0.2) is 9.59 Å². The number of fused-ring (bicyclic) bond motifs is 5. The van der Waals surface area contributed by atoms with Crippen LogP contribution in [0.4, 0.5) is 0 Å². The van der Waals surface area contributed by atoms with Crippen molar-refractivity contribution in [3.63, 3.8) is 0 Å². The summed E-state index contributed by atoms with van der Waals surface area (Å²) in [4.78, 5) is 37.8. The minimum Gasteiger partial charge on any atom is -0.481 e. The van der Waals surface area contributed by atoms with Crippen molar-refractivity contribution >= 4 is 50.9 Å². The molecule has 2 atom stereocenters. The fourth-order valence-electron chi connectivity index (χ4n) is 6.55. The molecule has 2 aromatic carbocycles. The first-order valence-electron chi connectivity index (χ1n) is 12.8. The predicted molar refractivity (Wildman–Crippen MR) is 144 cm³/mol. The van der Waals surface area contributed by atoms with Gasteiger partial charge >= 0.3 is 11.9 Å². The number of nitrogens with zero attached hydrogens (tertiary/aromatic N) is 3. The number of cyclic esters (lactones) is 2. The molecule has 0 saturated carbocycles. The normalized spacial score (nSPS) is 20.9. The summed E-state index contributed by atoms with van der Waals surface area (Å²) in [6.07, 6.45) is 2.83. The summed E-state index contributed by atoms with van der Waals surface area (Å²) in [6.45, 7) is 4.17. The van der Waals surface area contributed by atoms with Gasteiger partial charge in [-0.1, -0.05) is 36.4 Å². The number of ether oxygens (including phenoxy) is 1. The molecule has 0 spiro atoms. The third-order valence-corrected chi connectivity index (χ3v) is 7.97. The van der Waals surface area contributed by atoms with Gasteiger partial charge < -0.3 is 23.9 Å². The molecule has 0 bridgehead atoms. The molecule has 0 aliphatic carbocycles. The van der Waals surface area contributed by atoms with Crippen molar-refractivity contribution < 1.29 is 24.2 Å². The van der Waals surface area contributed by atoms with Crippen LogP contribution in [0.5, 0.6) is 0 Å². The zero-order chi connectivity index (χ0) is 26.7. The first kappa shape index (κ1) is 24.2. The predicted octanol–water partition coefficient (Wildman–Crippen LogP) is 3.95. The van der Waals surface area contributed by atoms with Crippen molar-refractivity contribution in [2.24, 2.45) is 18.9 Å². The lowest BCUT2D eigenvalue weighted by Gasteiger charge is -2.28. The monoisotopic (exact) mass is 511 g/mol. The topological polar surface area (TPSA) is 93.8 Å². The molecule has 194 valence electrons. The molecular formula is C30H29N3O5. The van der Waals surface area contributed by atoms with Crippen LogP contribution in [0.25, 0.3) is 33.0 Å². The lowest BCUT2D eigenvalue weighted by atomic mass is 9.85. The van der Waals surface area contributed by atoms with Gasteiger partial charge in [0.15, 0.2) is 0 Å². The van der Waals surface area contributed by atoms with Gasteiger partial charge in [-0.15, -0.1) is 0 Å². The van der Waals surface area contributed by atoms with Crippen LogP contribution in [-0.4, -0.2) is 57.2 Å². The highest BCUT2D eigenvalue weighted by Gasteiger charge is 2.42. The van der Waals surface area contributed by atoms with Crippen LogP contribution in [-0.2, 0) is 39.1 Å². The maximum Gasteiger partial charge on any atom is 0.347 e. The summed E-state index contributed by atoms with van der Waals surface area (Å²) >= 11 is 0. The van der Waals surface area contributed by atoms with Crippen LogP contribution >= 0.6 is 0 Å². The van der Waals surface area contributed by atoms with E-state index in [0.717, 1.165) is 71.6 Å². The number of hydrogen-bond acceptors (Lipinski definition) is 5. The number of para-hydroxylation sites is 2. The number of carboxylic acids is 1. The minimum atomic E-state index is -0.833. The third kappa shape index (κ3) is 3.75. The first-order chi connectivity index (χ1) is 18.2.